The van der Waals surface area contributed by atoms with E-state index in [2.05, 4.69) is 4.99 Å². The van der Waals surface area contributed by atoms with E-state index in [0.717, 1.165) is 0 Å². The van der Waals surface area contributed by atoms with Gasteiger partial charge in [0.1, 0.15) is 29.1 Å². The van der Waals surface area contributed by atoms with Gasteiger partial charge in [-0.15, -0.1) is 0 Å². The summed E-state index contributed by atoms with van der Waals surface area (Å²) in [6.07, 6.45) is 1.64. The van der Waals surface area contributed by atoms with E-state index in [1.165, 1.54) is 22.8 Å². The second-order valence-electron chi connectivity index (χ2n) is 9.30. The maximum absolute atomic E-state index is 13.8. The molecule has 0 radical (unpaired) electrons. The number of furan rings is 2. The molecule has 0 amide bonds. The highest BCUT2D eigenvalue weighted by Gasteiger charge is 2.33. The molecule has 1 aliphatic heterocycles. The van der Waals surface area contributed by atoms with Crippen LogP contribution in [0.4, 0.5) is 0 Å². The number of carbonyl (C=O) groups excluding carboxylic acids is 1. The lowest BCUT2D eigenvalue weighted by Crippen LogP contribution is -2.39. The average Bonchev–Trinajstić information content (AvgIpc) is 3.65. The van der Waals surface area contributed by atoms with Crippen molar-refractivity contribution in [2.75, 3.05) is 0 Å². The van der Waals surface area contributed by atoms with Gasteiger partial charge >= 0.3 is 0 Å². The summed E-state index contributed by atoms with van der Waals surface area (Å²) in [5, 5.41) is 1.77. The Labute approximate surface area is 257 Å². The number of nitrogens with zero attached hydrogens (tertiary/aromatic N) is 2. The first kappa shape index (κ1) is 27.8. The van der Waals surface area contributed by atoms with Crippen LogP contribution in [0.1, 0.15) is 31.4 Å². The molecule has 0 fully saturated rings. The predicted octanol–water partition coefficient (Wildman–Crippen LogP) is 7.96. The topological polar surface area (TPSA) is 77.7 Å². The van der Waals surface area contributed by atoms with Crippen LogP contribution in [0.25, 0.3) is 28.7 Å². The van der Waals surface area contributed by atoms with Gasteiger partial charge in [0, 0.05) is 33.5 Å². The van der Waals surface area contributed by atoms with Crippen molar-refractivity contribution in [1.29, 1.82) is 0 Å². The number of ketones is 1. The minimum atomic E-state index is -0.803. The van der Waals surface area contributed by atoms with Crippen LogP contribution in [0.5, 0.6) is 0 Å². The first-order valence-electron chi connectivity index (χ1n) is 12.2. The van der Waals surface area contributed by atoms with Gasteiger partial charge in [0.2, 0.25) is 0 Å². The van der Waals surface area contributed by atoms with Crippen LogP contribution in [-0.4, -0.2) is 10.4 Å². The van der Waals surface area contributed by atoms with Crippen molar-refractivity contribution in [3.05, 3.63) is 123 Å². The number of rotatable bonds is 5. The highest BCUT2D eigenvalue weighted by Crippen LogP contribution is 2.36. The largest absolute Gasteiger partial charge is 0.458 e. The van der Waals surface area contributed by atoms with Gasteiger partial charge in [0.15, 0.2) is 10.6 Å². The molecule has 1 aliphatic rings. The van der Waals surface area contributed by atoms with Crippen molar-refractivity contribution in [1.82, 2.24) is 4.57 Å². The Morgan fingerprint density at radius 3 is 2.44 bits per heavy atom. The first-order valence-corrected chi connectivity index (χ1v) is 14.6. The molecule has 2 aromatic carbocycles. The van der Waals surface area contributed by atoms with Gasteiger partial charge < -0.3 is 8.83 Å². The SMILES string of the molecule is CC(=O)C1=C(C)N=c2s/c(=C/c3ccc(-c4ccc(Cl)cc4Cl)o3)c(=O)n2[C@@H]1c1ccc(-c2ccc(Cl)c(Cl)c2)o1. The van der Waals surface area contributed by atoms with E-state index < -0.39 is 6.04 Å². The maximum Gasteiger partial charge on any atom is 0.271 e. The summed E-state index contributed by atoms with van der Waals surface area (Å²) in [4.78, 5) is 31.6. The quantitative estimate of drug-likeness (QED) is 0.195. The Hall–Kier alpha value is -3.33. The minimum absolute atomic E-state index is 0.214. The number of benzene rings is 2. The van der Waals surface area contributed by atoms with Gasteiger partial charge in [-0.1, -0.05) is 57.7 Å². The van der Waals surface area contributed by atoms with Crippen LogP contribution in [0.3, 0.4) is 0 Å². The van der Waals surface area contributed by atoms with E-state index in [4.69, 9.17) is 55.2 Å². The Morgan fingerprint density at radius 1 is 0.927 bits per heavy atom. The molecule has 41 heavy (non-hydrogen) atoms. The number of fused-ring (bicyclic) bond motifs is 1. The lowest BCUT2D eigenvalue weighted by molar-refractivity contribution is -0.114. The molecule has 0 bridgehead atoms. The molecular weight excluding hydrogens is 626 g/mol. The molecule has 6 nitrogen and oxygen atoms in total. The van der Waals surface area contributed by atoms with E-state index in [0.29, 0.717) is 74.9 Å². The third-order valence-electron chi connectivity index (χ3n) is 6.60. The summed E-state index contributed by atoms with van der Waals surface area (Å²) < 4.78 is 14.1. The zero-order chi connectivity index (χ0) is 29.0. The normalized spacial score (nSPS) is 15.3. The lowest BCUT2D eigenvalue weighted by atomic mass is 9.98. The van der Waals surface area contributed by atoms with Gasteiger partial charge in [-0.2, -0.15) is 0 Å². The smallest absolute Gasteiger partial charge is 0.271 e. The summed E-state index contributed by atoms with van der Waals surface area (Å²) in [7, 11) is 0. The molecule has 5 aromatic rings. The van der Waals surface area contributed by atoms with E-state index in [1.807, 2.05) is 0 Å². The van der Waals surface area contributed by atoms with Crippen molar-refractivity contribution in [3.63, 3.8) is 0 Å². The van der Waals surface area contributed by atoms with E-state index in [-0.39, 0.29) is 11.3 Å². The van der Waals surface area contributed by atoms with E-state index in [1.54, 1.807) is 73.7 Å². The second-order valence-corrected chi connectivity index (χ2v) is 12.0. The molecule has 11 heteroatoms. The Morgan fingerprint density at radius 2 is 1.71 bits per heavy atom. The summed E-state index contributed by atoms with van der Waals surface area (Å²) in [6.45, 7) is 3.20. The summed E-state index contributed by atoms with van der Waals surface area (Å²) in [5.74, 6) is 1.70. The van der Waals surface area contributed by atoms with Crippen LogP contribution in [0.15, 0.2) is 90.6 Å². The number of halogens is 4. The highest BCUT2D eigenvalue weighted by atomic mass is 35.5. The standard InChI is InChI=1S/C30H18Cl4N2O4S/c1-14-27(15(2)37)28(25-10-9-23(40-25)16-3-7-20(32)22(34)11-16)36-29(38)26(41-30(36)35-14)13-18-5-8-24(39-18)19-6-4-17(31)12-21(19)33/h3-13,28H,1-2H3/b26-13+/t28-/m1/s1. The number of thiazole rings is 1. The molecule has 4 heterocycles. The zero-order valence-electron chi connectivity index (χ0n) is 21.4. The molecule has 0 saturated heterocycles. The minimum Gasteiger partial charge on any atom is -0.458 e. The van der Waals surface area contributed by atoms with E-state index in [9.17, 15) is 9.59 Å². The first-order chi connectivity index (χ1) is 19.6. The van der Waals surface area contributed by atoms with Crippen LogP contribution in [0, 0.1) is 0 Å². The Bertz CT molecular complexity index is 2080. The molecule has 0 N–H and O–H groups in total. The van der Waals surface area contributed by atoms with Gasteiger partial charge in [-0.25, -0.2) is 4.99 Å². The summed E-state index contributed by atoms with van der Waals surface area (Å²) >= 11 is 25.8. The van der Waals surface area contributed by atoms with E-state index >= 15 is 0 Å². The lowest BCUT2D eigenvalue weighted by Gasteiger charge is -2.22. The fourth-order valence-electron chi connectivity index (χ4n) is 4.74. The molecule has 1 atom stereocenters. The number of hydrogen-bond donors (Lipinski definition) is 0. The number of carbonyl (C=O) groups is 1. The second kappa shape index (κ2) is 10.8. The fraction of sp³-hybridized carbons (Fsp3) is 0.100. The van der Waals surface area contributed by atoms with Crippen molar-refractivity contribution in [3.8, 4) is 22.6 Å². The van der Waals surface area contributed by atoms with Crippen LogP contribution < -0.4 is 14.9 Å². The van der Waals surface area contributed by atoms with Gasteiger partial charge in [0.25, 0.3) is 5.56 Å². The Kier molecular flexibility index (Phi) is 7.34. The molecule has 0 saturated carbocycles. The number of Topliss-reactive ketones (excluding diaryl/α,β-unsaturated/α-hetero) is 1. The molecule has 0 unspecified atom stereocenters. The number of aromatic nitrogens is 1. The third-order valence-corrected chi connectivity index (χ3v) is 8.87. The fourth-order valence-corrected chi connectivity index (χ4v) is 6.56. The zero-order valence-corrected chi connectivity index (χ0v) is 25.2. The van der Waals surface area contributed by atoms with Crippen molar-refractivity contribution < 1.29 is 13.6 Å². The van der Waals surface area contributed by atoms with Crippen LogP contribution >= 0.6 is 57.7 Å². The summed E-state index contributed by atoms with van der Waals surface area (Å²) in [6, 6.07) is 16.5. The van der Waals surface area contributed by atoms with Crippen molar-refractivity contribution in [2.45, 2.75) is 19.9 Å². The number of hydrogen-bond acceptors (Lipinski definition) is 6. The molecule has 6 rings (SSSR count). The molecule has 206 valence electrons. The average molecular weight is 644 g/mol. The number of allylic oxidation sites excluding steroid dienone is 2. The maximum atomic E-state index is 13.8. The third kappa shape index (κ3) is 5.13. The Balaban J connectivity index is 1.45. The predicted molar refractivity (Wildman–Crippen MR) is 163 cm³/mol. The summed E-state index contributed by atoms with van der Waals surface area (Å²) in [5.41, 5.74) is 1.93. The molecule has 0 spiro atoms. The van der Waals surface area contributed by atoms with Crippen LogP contribution in [0.2, 0.25) is 20.1 Å². The highest BCUT2D eigenvalue weighted by molar-refractivity contribution is 7.07. The van der Waals surface area contributed by atoms with Gasteiger partial charge in [-0.3, -0.25) is 14.2 Å². The molecular formula is C30H18Cl4N2O4S. The van der Waals surface area contributed by atoms with Crippen molar-refractivity contribution >= 4 is 69.6 Å². The van der Waals surface area contributed by atoms with Gasteiger partial charge in [-0.05, 0) is 74.5 Å². The monoisotopic (exact) mass is 642 g/mol. The molecule has 0 aliphatic carbocycles. The van der Waals surface area contributed by atoms with Crippen LogP contribution in [-0.2, 0) is 4.79 Å². The molecule has 3 aromatic heterocycles. The van der Waals surface area contributed by atoms with Crippen molar-refractivity contribution in [2.24, 2.45) is 4.99 Å². The van der Waals surface area contributed by atoms with Gasteiger partial charge in [0.05, 0.1) is 19.6 Å².